The van der Waals surface area contributed by atoms with Crippen LogP contribution < -0.4 is 0 Å². The van der Waals surface area contributed by atoms with Crippen molar-refractivity contribution in [1.82, 2.24) is 4.90 Å². The molecule has 0 bridgehead atoms. The van der Waals surface area contributed by atoms with E-state index in [1.54, 1.807) is 6.92 Å². The van der Waals surface area contributed by atoms with Crippen LogP contribution in [0.4, 0.5) is 0 Å². The van der Waals surface area contributed by atoms with Gasteiger partial charge >= 0.3 is 5.97 Å². The molecule has 0 radical (unpaired) electrons. The number of ether oxygens (including phenoxy) is 2. The minimum atomic E-state index is -0.00258. The Morgan fingerprint density at radius 2 is 0.844 bits per heavy atom. The van der Waals surface area contributed by atoms with Crippen LogP contribution in [-0.4, -0.2) is 61.9 Å². The molecule has 0 saturated carbocycles. The Morgan fingerprint density at radius 1 is 0.438 bits per heavy atom. The van der Waals surface area contributed by atoms with E-state index in [2.05, 4.69) is 39.5 Å². The highest BCUT2D eigenvalue weighted by atomic mass is 16.5. The highest BCUT2D eigenvalue weighted by Crippen LogP contribution is 2.25. The van der Waals surface area contributed by atoms with Crippen molar-refractivity contribution >= 4 is 17.5 Å². The molecular weight excluding hydrogens is 791 g/mol. The first kappa shape index (κ1) is 62.7. The molecule has 380 valence electrons. The van der Waals surface area contributed by atoms with Crippen LogP contribution in [0.2, 0.25) is 0 Å². The minimum Gasteiger partial charge on any atom is -0.466 e. The van der Waals surface area contributed by atoms with Crippen LogP contribution in [0.5, 0.6) is 0 Å². The van der Waals surface area contributed by atoms with Gasteiger partial charge in [-0.3, -0.25) is 14.5 Å². The lowest BCUT2D eigenvalue weighted by Crippen LogP contribution is -2.37. The van der Waals surface area contributed by atoms with Crippen molar-refractivity contribution in [3.05, 3.63) is 0 Å². The maximum absolute atomic E-state index is 12.9. The molecule has 0 aromatic rings. The van der Waals surface area contributed by atoms with E-state index in [0.29, 0.717) is 36.4 Å². The van der Waals surface area contributed by atoms with Crippen molar-refractivity contribution in [2.45, 2.75) is 298 Å². The van der Waals surface area contributed by atoms with Crippen molar-refractivity contribution in [3.63, 3.8) is 0 Å². The molecule has 1 heterocycles. The summed E-state index contributed by atoms with van der Waals surface area (Å²) in [5.74, 6) is 3.06. The van der Waals surface area contributed by atoms with E-state index in [4.69, 9.17) is 9.47 Å². The SMILES string of the molecule is CCCCCC(CCC)CCCCC.CCCCCC(CCCCC)CCOC(=O)CCCCCCCCCC(CCCCCCCCCC(C)=O)CC(=O)CCCN1CCOCC1. The zero-order chi connectivity index (χ0) is 47.0. The molecule has 1 aliphatic heterocycles. The average molecular weight is 905 g/mol. The van der Waals surface area contributed by atoms with E-state index in [1.807, 2.05) is 0 Å². The number of rotatable bonds is 47. The second-order valence-corrected chi connectivity index (χ2v) is 20.4. The third-order valence-electron chi connectivity index (χ3n) is 14.0. The van der Waals surface area contributed by atoms with Crippen LogP contribution in [0.1, 0.15) is 298 Å². The normalized spacial score (nSPS) is 13.6. The number of hydrogen-bond donors (Lipinski definition) is 0. The molecule has 0 aliphatic carbocycles. The fraction of sp³-hybridized carbons (Fsp3) is 0.948. The van der Waals surface area contributed by atoms with Gasteiger partial charge < -0.3 is 14.3 Å². The summed E-state index contributed by atoms with van der Waals surface area (Å²) in [6.45, 7) is 18.4. The average Bonchev–Trinajstić information content (AvgIpc) is 3.28. The summed E-state index contributed by atoms with van der Waals surface area (Å²) in [4.78, 5) is 38.8. The van der Waals surface area contributed by atoms with E-state index in [-0.39, 0.29) is 5.97 Å². The third kappa shape index (κ3) is 44.6. The first-order valence-electron chi connectivity index (χ1n) is 28.8. The minimum absolute atomic E-state index is 0.00258. The zero-order valence-electron chi connectivity index (χ0n) is 44.2. The molecule has 1 saturated heterocycles. The lowest BCUT2D eigenvalue weighted by molar-refractivity contribution is -0.144. The number of carbonyl (C=O) groups excluding carboxylic acids is 3. The maximum atomic E-state index is 12.9. The van der Waals surface area contributed by atoms with Crippen molar-refractivity contribution in [3.8, 4) is 0 Å². The molecule has 1 fully saturated rings. The predicted molar refractivity (Wildman–Crippen MR) is 277 cm³/mol. The second-order valence-electron chi connectivity index (χ2n) is 20.4. The topological polar surface area (TPSA) is 72.9 Å². The van der Waals surface area contributed by atoms with Crippen molar-refractivity contribution in [1.29, 1.82) is 0 Å². The summed E-state index contributed by atoms with van der Waals surface area (Å²) in [5.41, 5.74) is 0. The van der Waals surface area contributed by atoms with E-state index < -0.39 is 0 Å². The Hall–Kier alpha value is -1.27. The summed E-state index contributed by atoms with van der Waals surface area (Å²) in [7, 11) is 0. The summed E-state index contributed by atoms with van der Waals surface area (Å²) in [5, 5.41) is 0. The summed E-state index contributed by atoms with van der Waals surface area (Å²) in [6, 6.07) is 0. The summed E-state index contributed by atoms with van der Waals surface area (Å²) in [6.07, 6.45) is 48.6. The number of Topliss-reactive ketones (excluding diaryl/α,β-unsaturated/α-hetero) is 2. The molecule has 1 unspecified atom stereocenters. The van der Waals surface area contributed by atoms with Gasteiger partial charge in [0.15, 0.2) is 0 Å². The monoisotopic (exact) mass is 904 g/mol. The number of nitrogens with zero attached hydrogens (tertiary/aromatic N) is 1. The van der Waals surface area contributed by atoms with Gasteiger partial charge in [0.2, 0.25) is 0 Å². The number of unbranched alkanes of at least 4 members (excludes halogenated alkanes) is 20. The first-order chi connectivity index (χ1) is 31.3. The Kier molecular flexibility index (Phi) is 48.6. The molecule has 0 amide bonds. The molecule has 0 spiro atoms. The molecule has 1 atom stereocenters. The van der Waals surface area contributed by atoms with Crippen molar-refractivity contribution in [2.75, 3.05) is 39.5 Å². The molecule has 0 aromatic carbocycles. The second kappa shape index (κ2) is 49.6. The van der Waals surface area contributed by atoms with Crippen molar-refractivity contribution in [2.24, 2.45) is 17.8 Å². The van der Waals surface area contributed by atoms with Crippen LogP contribution >= 0.6 is 0 Å². The quantitative estimate of drug-likeness (QED) is 0.0447. The van der Waals surface area contributed by atoms with E-state index in [9.17, 15) is 14.4 Å². The third-order valence-corrected chi connectivity index (χ3v) is 14.0. The number of hydrogen-bond acceptors (Lipinski definition) is 6. The van der Waals surface area contributed by atoms with Gasteiger partial charge in [-0.1, -0.05) is 240 Å². The molecule has 6 heteroatoms. The van der Waals surface area contributed by atoms with E-state index in [1.165, 1.54) is 199 Å². The zero-order valence-corrected chi connectivity index (χ0v) is 44.2. The fourth-order valence-corrected chi connectivity index (χ4v) is 9.79. The molecule has 1 rings (SSSR count). The lowest BCUT2D eigenvalue weighted by Gasteiger charge is -2.26. The van der Waals surface area contributed by atoms with Crippen LogP contribution in [0.25, 0.3) is 0 Å². The number of ketones is 2. The molecule has 0 aromatic heterocycles. The van der Waals surface area contributed by atoms with Gasteiger partial charge in [0.25, 0.3) is 0 Å². The van der Waals surface area contributed by atoms with E-state index >= 15 is 0 Å². The van der Waals surface area contributed by atoms with Gasteiger partial charge in [0, 0.05) is 38.8 Å². The Morgan fingerprint density at radius 3 is 1.30 bits per heavy atom. The predicted octanol–water partition coefficient (Wildman–Crippen LogP) is 17.6. The van der Waals surface area contributed by atoms with Crippen molar-refractivity contribution < 1.29 is 23.9 Å². The standard InChI is InChI=1S/C44H83NO5.C14H30/c1-4-6-18-26-41(27-19-7-5-2)32-36-50-44(48)31-23-17-13-9-12-16-22-29-42(28-21-15-11-8-10-14-20-25-40(3)46)39-43(47)30-24-33-45-34-37-49-38-35-45;1-4-7-9-12-14(11-6-3)13-10-8-5-2/h41-42H,4-39H2,1-3H3;14H,4-13H2,1-3H3. The Bertz CT molecular complexity index is 975. The maximum Gasteiger partial charge on any atom is 0.305 e. The summed E-state index contributed by atoms with van der Waals surface area (Å²) >= 11 is 0. The fourth-order valence-electron chi connectivity index (χ4n) is 9.79. The van der Waals surface area contributed by atoms with Gasteiger partial charge in [-0.05, 0) is 56.9 Å². The highest BCUT2D eigenvalue weighted by molar-refractivity contribution is 5.78. The highest BCUT2D eigenvalue weighted by Gasteiger charge is 2.16. The Balaban J connectivity index is 0.00000241. The molecule has 6 nitrogen and oxygen atoms in total. The van der Waals surface area contributed by atoms with Crippen LogP contribution in [0.3, 0.4) is 0 Å². The van der Waals surface area contributed by atoms with Gasteiger partial charge in [0.1, 0.15) is 11.6 Å². The van der Waals surface area contributed by atoms with E-state index in [0.717, 1.165) is 90.1 Å². The molecule has 0 N–H and O–H groups in total. The van der Waals surface area contributed by atoms with Gasteiger partial charge in [-0.2, -0.15) is 0 Å². The van der Waals surface area contributed by atoms with Gasteiger partial charge in [-0.15, -0.1) is 0 Å². The Labute approximate surface area is 400 Å². The smallest absolute Gasteiger partial charge is 0.305 e. The number of morpholine rings is 1. The van der Waals surface area contributed by atoms with Crippen LogP contribution in [-0.2, 0) is 23.9 Å². The first-order valence-corrected chi connectivity index (χ1v) is 28.8. The number of esters is 1. The van der Waals surface area contributed by atoms with Crippen LogP contribution in [0, 0.1) is 17.8 Å². The van der Waals surface area contributed by atoms with Gasteiger partial charge in [-0.25, -0.2) is 0 Å². The summed E-state index contributed by atoms with van der Waals surface area (Å²) < 4.78 is 11.1. The molecular formula is C58H113NO5. The molecule has 64 heavy (non-hydrogen) atoms. The largest absolute Gasteiger partial charge is 0.466 e. The van der Waals surface area contributed by atoms with Gasteiger partial charge in [0.05, 0.1) is 19.8 Å². The number of carbonyl (C=O) groups is 3. The lowest BCUT2D eigenvalue weighted by atomic mass is 9.89. The molecule has 1 aliphatic rings. The van der Waals surface area contributed by atoms with Crippen LogP contribution in [0.15, 0.2) is 0 Å².